The van der Waals surface area contributed by atoms with E-state index in [4.69, 9.17) is 4.74 Å². The lowest BCUT2D eigenvalue weighted by molar-refractivity contribution is 0.102. The lowest BCUT2D eigenvalue weighted by atomic mass is 10.1. The van der Waals surface area contributed by atoms with E-state index in [1.165, 1.54) is 0 Å². The van der Waals surface area contributed by atoms with Crippen LogP contribution in [0.2, 0.25) is 0 Å². The van der Waals surface area contributed by atoms with Crippen LogP contribution in [0, 0.1) is 0 Å². The smallest absolute Gasteiger partial charge is 0.255 e. The second-order valence-corrected chi connectivity index (χ2v) is 7.04. The largest absolute Gasteiger partial charge is 0.493 e. The number of carbonyl (C=O) groups excluding carboxylic acids is 1. The Labute approximate surface area is 153 Å². The Morgan fingerprint density at radius 1 is 1.19 bits per heavy atom. The Morgan fingerprint density at radius 2 is 2.08 bits per heavy atom. The van der Waals surface area contributed by atoms with Crippen molar-refractivity contribution in [2.75, 3.05) is 11.9 Å². The molecule has 5 rings (SSSR count). The third-order valence-corrected chi connectivity index (χ3v) is 5.25. The summed E-state index contributed by atoms with van der Waals surface area (Å²) >= 11 is 1.61. The van der Waals surface area contributed by atoms with Crippen molar-refractivity contribution in [3.8, 4) is 17.0 Å². The summed E-state index contributed by atoms with van der Waals surface area (Å²) < 4.78 is 7.49. The van der Waals surface area contributed by atoms with Crippen molar-refractivity contribution in [2.24, 2.45) is 0 Å². The minimum absolute atomic E-state index is 0.116. The lowest BCUT2D eigenvalue weighted by Crippen LogP contribution is -2.11. The van der Waals surface area contributed by atoms with E-state index in [0.717, 1.165) is 39.6 Å². The third-order valence-electron chi connectivity index (χ3n) is 4.48. The van der Waals surface area contributed by atoms with E-state index in [1.54, 1.807) is 17.4 Å². The first kappa shape index (κ1) is 15.2. The summed E-state index contributed by atoms with van der Waals surface area (Å²) in [6.45, 7) is 0.688. The van der Waals surface area contributed by atoms with Crippen LogP contribution in [0.25, 0.3) is 16.2 Å². The molecule has 0 radical (unpaired) electrons. The zero-order valence-corrected chi connectivity index (χ0v) is 14.6. The molecule has 6 heteroatoms. The molecule has 0 spiro atoms. The van der Waals surface area contributed by atoms with Crippen LogP contribution in [-0.2, 0) is 6.42 Å². The third kappa shape index (κ3) is 2.64. The number of amides is 1. The van der Waals surface area contributed by atoms with Gasteiger partial charge in [0, 0.05) is 41.0 Å². The fraction of sp³-hybridized carbons (Fsp3) is 0.100. The maximum atomic E-state index is 12.5. The molecule has 0 saturated carbocycles. The molecule has 2 aromatic carbocycles. The van der Waals surface area contributed by atoms with Crippen LogP contribution in [0.3, 0.4) is 0 Å². The van der Waals surface area contributed by atoms with Gasteiger partial charge in [0.05, 0.1) is 12.3 Å². The van der Waals surface area contributed by atoms with Crippen LogP contribution in [-0.4, -0.2) is 21.9 Å². The number of carbonyl (C=O) groups is 1. The molecule has 0 aliphatic carbocycles. The van der Waals surface area contributed by atoms with Crippen LogP contribution >= 0.6 is 11.3 Å². The van der Waals surface area contributed by atoms with E-state index in [2.05, 4.69) is 10.3 Å². The zero-order valence-electron chi connectivity index (χ0n) is 13.8. The molecule has 26 heavy (non-hydrogen) atoms. The highest BCUT2D eigenvalue weighted by atomic mass is 32.1. The minimum Gasteiger partial charge on any atom is -0.493 e. The van der Waals surface area contributed by atoms with Gasteiger partial charge < -0.3 is 10.1 Å². The Balaban J connectivity index is 1.34. The van der Waals surface area contributed by atoms with Crippen molar-refractivity contribution in [1.29, 1.82) is 0 Å². The van der Waals surface area contributed by atoms with Crippen LogP contribution in [0.4, 0.5) is 5.69 Å². The monoisotopic (exact) mass is 361 g/mol. The molecule has 5 nitrogen and oxygen atoms in total. The fourth-order valence-corrected chi connectivity index (χ4v) is 3.82. The summed E-state index contributed by atoms with van der Waals surface area (Å²) in [5, 5.41) is 4.96. The first-order valence-electron chi connectivity index (χ1n) is 8.36. The van der Waals surface area contributed by atoms with Gasteiger partial charge in [-0.25, -0.2) is 4.98 Å². The molecule has 1 aliphatic heterocycles. The second-order valence-electron chi connectivity index (χ2n) is 6.17. The number of hydrogen-bond acceptors (Lipinski definition) is 4. The average Bonchev–Trinajstić information content (AvgIpc) is 3.37. The number of imidazole rings is 1. The molecular weight excluding hydrogens is 346 g/mol. The van der Waals surface area contributed by atoms with Crippen LogP contribution in [0.5, 0.6) is 5.75 Å². The molecule has 0 fully saturated rings. The minimum atomic E-state index is -0.116. The first-order valence-corrected chi connectivity index (χ1v) is 9.24. The molecule has 4 aromatic rings. The number of rotatable bonds is 3. The van der Waals surface area contributed by atoms with E-state index in [0.29, 0.717) is 12.2 Å². The summed E-state index contributed by atoms with van der Waals surface area (Å²) in [5.74, 6) is 0.765. The molecule has 2 aromatic heterocycles. The molecule has 0 bridgehead atoms. The standard InChI is InChI=1S/C20H15N3O2S/c24-19(15-3-6-18-14(11-15)7-9-25-18)21-16-4-1-13(2-5-16)17-12-23-8-10-26-20(23)22-17/h1-6,8,10-12H,7,9H2,(H,21,24). The number of thiazole rings is 1. The van der Waals surface area contributed by atoms with Gasteiger partial charge in [0.25, 0.3) is 5.91 Å². The van der Waals surface area contributed by atoms with E-state index >= 15 is 0 Å². The molecule has 0 atom stereocenters. The normalized spacial score (nSPS) is 12.8. The van der Waals surface area contributed by atoms with Crippen LogP contribution in [0.15, 0.2) is 60.2 Å². The van der Waals surface area contributed by atoms with E-state index in [9.17, 15) is 4.79 Å². The second kappa shape index (κ2) is 6.00. The number of hydrogen-bond donors (Lipinski definition) is 1. The summed E-state index contributed by atoms with van der Waals surface area (Å²) in [7, 11) is 0. The van der Waals surface area contributed by atoms with Gasteiger partial charge in [0.15, 0.2) is 4.96 Å². The highest BCUT2D eigenvalue weighted by Crippen LogP contribution is 2.27. The summed E-state index contributed by atoms with van der Waals surface area (Å²) in [6, 6.07) is 13.3. The number of aromatic nitrogens is 2. The first-order chi connectivity index (χ1) is 12.8. The van der Waals surface area contributed by atoms with Gasteiger partial charge in [0.1, 0.15) is 5.75 Å². The maximum absolute atomic E-state index is 12.5. The molecule has 3 heterocycles. The van der Waals surface area contributed by atoms with Crippen molar-refractivity contribution in [2.45, 2.75) is 6.42 Å². The van der Waals surface area contributed by atoms with Gasteiger partial charge in [-0.1, -0.05) is 12.1 Å². The number of benzene rings is 2. The fourth-order valence-electron chi connectivity index (χ4n) is 3.12. The van der Waals surface area contributed by atoms with Crippen molar-refractivity contribution < 1.29 is 9.53 Å². The summed E-state index contributed by atoms with van der Waals surface area (Å²) in [4.78, 5) is 18.1. The van der Waals surface area contributed by atoms with Gasteiger partial charge in [-0.3, -0.25) is 9.20 Å². The molecule has 1 aliphatic rings. The SMILES string of the molecule is O=C(Nc1ccc(-c2cn3ccsc3n2)cc1)c1ccc2c(c1)CCO2. The van der Waals surface area contributed by atoms with Gasteiger partial charge in [-0.2, -0.15) is 0 Å². The number of anilines is 1. The van der Waals surface area contributed by atoms with Crippen LogP contribution < -0.4 is 10.1 Å². The van der Waals surface area contributed by atoms with Gasteiger partial charge in [0.2, 0.25) is 0 Å². The Kier molecular flexibility index (Phi) is 3.50. The molecule has 1 amide bonds. The van der Waals surface area contributed by atoms with Gasteiger partial charge in [-0.05, 0) is 35.9 Å². The molecule has 128 valence electrons. The predicted molar refractivity (Wildman–Crippen MR) is 102 cm³/mol. The number of ether oxygens (including phenoxy) is 1. The quantitative estimate of drug-likeness (QED) is 0.593. The highest BCUT2D eigenvalue weighted by Gasteiger charge is 2.15. The Morgan fingerprint density at radius 3 is 2.92 bits per heavy atom. The average molecular weight is 361 g/mol. The number of nitrogens with zero attached hydrogens (tertiary/aromatic N) is 2. The van der Waals surface area contributed by atoms with Crippen molar-refractivity contribution >= 4 is 27.9 Å². The topological polar surface area (TPSA) is 55.6 Å². The number of fused-ring (bicyclic) bond motifs is 2. The highest BCUT2D eigenvalue weighted by molar-refractivity contribution is 7.15. The van der Waals surface area contributed by atoms with Crippen molar-refractivity contribution in [3.05, 3.63) is 71.4 Å². The van der Waals surface area contributed by atoms with Crippen molar-refractivity contribution in [3.63, 3.8) is 0 Å². The predicted octanol–water partition coefficient (Wildman–Crippen LogP) is 4.25. The van der Waals surface area contributed by atoms with E-state index in [1.807, 2.05) is 58.6 Å². The van der Waals surface area contributed by atoms with Gasteiger partial charge >= 0.3 is 0 Å². The molecule has 0 saturated heterocycles. The van der Waals surface area contributed by atoms with Crippen LogP contribution in [0.1, 0.15) is 15.9 Å². The summed E-state index contributed by atoms with van der Waals surface area (Å²) in [5.41, 5.74) is 4.44. The summed E-state index contributed by atoms with van der Waals surface area (Å²) in [6.07, 6.45) is 4.85. The zero-order chi connectivity index (χ0) is 17.5. The van der Waals surface area contributed by atoms with E-state index < -0.39 is 0 Å². The Hall–Kier alpha value is -3.12. The van der Waals surface area contributed by atoms with Crippen molar-refractivity contribution in [1.82, 2.24) is 9.38 Å². The Bertz CT molecular complexity index is 1080. The lowest BCUT2D eigenvalue weighted by Gasteiger charge is -2.07. The van der Waals surface area contributed by atoms with E-state index in [-0.39, 0.29) is 5.91 Å². The molecule has 0 unspecified atom stereocenters. The molecule has 1 N–H and O–H groups in total. The number of nitrogens with one attached hydrogen (secondary N) is 1. The maximum Gasteiger partial charge on any atom is 0.255 e. The molecular formula is C20H15N3O2S. The van der Waals surface area contributed by atoms with Gasteiger partial charge in [-0.15, -0.1) is 11.3 Å².